The van der Waals surface area contributed by atoms with Gasteiger partial charge in [-0.05, 0) is 121 Å². The average Bonchev–Trinajstić information content (AvgIpc) is 3.14. The summed E-state index contributed by atoms with van der Waals surface area (Å²) in [7, 11) is 4.98. The largest absolute Gasteiger partial charge is 0.497 e. The monoisotopic (exact) mass is 694 g/mol. The standard InChI is InChI=1S/C41H42O8S/c1-27-6-15-33(16-7-27)50(42)40-23-29-10-13-31-24-32(45-4)14-17-34(31)41-38(47-25-43-2)21-30(22-39(41)48-26-44-3)9-8-28-11-18-35(46-5)37(20-28)49-36(40)19-12-29/h6-7,11-12,14-24H,8-10,13,25-26H2,1-5H3. The molecule has 0 fully saturated rings. The van der Waals surface area contributed by atoms with E-state index in [4.69, 9.17) is 33.2 Å². The van der Waals surface area contributed by atoms with Crippen LogP contribution in [0.2, 0.25) is 0 Å². The number of aryl methyl sites for hydroxylation is 5. The lowest BCUT2D eigenvalue weighted by Gasteiger charge is -2.21. The first-order valence-corrected chi connectivity index (χ1v) is 17.6. The Labute approximate surface area is 296 Å². The fourth-order valence-electron chi connectivity index (χ4n) is 6.04. The molecule has 50 heavy (non-hydrogen) atoms. The second-order valence-corrected chi connectivity index (χ2v) is 13.5. The van der Waals surface area contributed by atoms with E-state index in [1.54, 1.807) is 28.4 Å². The van der Waals surface area contributed by atoms with E-state index in [1.807, 2.05) is 85.8 Å². The summed E-state index contributed by atoms with van der Waals surface area (Å²) in [5, 5.41) is 0. The molecule has 0 aromatic heterocycles. The minimum atomic E-state index is -1.50. The molecule has 0 radical (unpaired) electrons. The number of rotatable bonds is 10. The summed E-state index contributed by atoms with van der Waals surface area (Å²) in [4.78, 5) is 1.29. The van der Waals surface area contributed by atoms with Crippen molar-refractivity contribution < 1.29 is 37.4 Å². The second-order valence-electron chi connectivity index (χ2n) is 12.0. The molecule has 0 N–H and O–H groups in total. The summed E-state index contributed by atoms with van der Waals surface area (Å²) in [6.45, 7) is 2.15. The van der Waals surface area contributed by atoms with Gasteiger partial charge in [0, 0.05) is 19.1 Å². The molecule has 1 unspecified atom stereocenters. The van der Waals surface area contributed by atoms with Crippen molar-refractivity contribution in [2.45, 2.75) is 42.4 Å². The van der Waals surface area contributed by atoms with Crippen molar-refractivity contribution in [3.8, 4) is 45.6 Å². The van der Waals surface area contributed by atoms with E-state index >= 15 is 0 Å². The van der Waals surface area contributed by atoms with Crippen LogP contribution in [0.4, 0.5) is 0 Å². The Kier molecular flexibility index (Phi) is 11.4. The molecule has 260 valence electrons. The molecule has 0 spiro atoms. The van der Waals surface area contributed by atoms with Crippen LogP contribution in [0.25, 0.3) is 11.1 Å². The van der Waals surface area contributed by atoms with Gasteiger partial charge in [0.05, 0.1) is 35.5 Å². The van der Waals surface area contributed by atoms with E-state index in [1.165, 1.54) is 0 Å². The fraction of sp³-hybridized carbons (Fsp3) is 0.268. The van der Waals surface area contributed by atoms with Gasteiger partial charge in [0.2, 0.25) is 0 Å². The Hall–Kier alpha value is -4.83. The lowest BCUT2D eigenvalue weighted by Crippen LogP contribution is -2.07. The van der Waals surface area contributed by atoms with E-state index in [9.17, 15) is 4.21 Å². The molecule has 0 aliphatic carbocycles. The van der Waals surface area contributed by atoms with Gasteiger partial charge in [-0.2, -0.15) is 0 Å². The van der Waals surface area contributed by atoms with Crippen LogP contribution in [-0.2, 0) is 46.0 Å². The first-order chi connectivity index (χ1) is 24.4. The third kappa shape index (κ3) is 7.97. The van der Waals surface area contributed by atoms with Crippen molar-refractivity contribution in [3.05, 3.63) is 119 Å². The molecule has 8 nitrogen and oxygen atoms in total. The van der Waals surface area contributed by atoms with Gasteiger partial charge in [-0.1, -0.05) is 35.9 Å². The van der Waals surface area contributed by atoms with Gasteiger partial charge in [0.15, 0.2) is 25.1 Å². The highest BCUT2D eigenvalue weighted by Crippen LogP contribution is 2.44. The van der Waals surface area contributed by atoms with Crippen LogP contribution >= 0.6 is 0 Å². The number of hydrogen-bond acceptors (Lipinski definition) is 8. The molecule has 6 bridgehead atoms. The summed E-state index contributed by atoms with van der Waals surface area (Å²) < 4.78 is 55.3. The minimum absolute atomic E-state index is 0.0675. The Balaban J connectivity index is 1.54. The topological polar surface area (TPSA) is 81.7 Å². The Morgan fingerprint density at radius 1 is 0.620 bits per heavy atom. The fourth-order valence-corrected chi connectivity index (χ4v) is 7.23. The van der Waals surface area contributed by atoms with Crippen molar-refractivity contribution in [1.82, 2.24) is 0 Å². The van der Waals surface area contributed by atoms with Crippen molar-refractivity contribution in [2.75, 3.05) is 42.0 Å². The van der Waals surface area contributed by atoms with E-state index in [-0.39, 0.29) is 13.6 Å². The van der Waals surface area contributed by atoms with Gasteiger partial charge >= 0.3 is 0 Å². The van der Waals surface area contributed by atoms with Crippen molar-refractivity contribution in [1.29, 1.82) is 0 Å². The molecular weight excluding hydrogens is 653 g/mol. The van der Waals surface area contributed by atoms with Gasteiger partial charge in [-0.25, -0.2) is 4.21 Å². The smallest absolute Gasteiger partial charge is 0.188 e. The van der Waals surface area contributed by atoms with E-state index in [2.05, 4.69) is 12.1 Å². The van der Waals surface area contributed by atoms with Crippen LogP contribution < -0.4 is 23.7 Å². The zero-order valence-corrected chi connectivity index (χ0v) is 29.9. The Bertz CT molecular complexity index is 1940. The maximum atomic E-state index is 14.2. The number of benzene rings is 5. The quantitative estimate of drug-likeness (QED) is 0.135. The Morgan fingerprint density at radius 3 is 1.96 bits per heavy atom. The van der Waals surface area contributed by atoms with E-state index in [0.29, 0.717) is 64.2 Å². The maximum Gasteiger partial charge on any atom is 0.188 e. The molecule has 9 heteroatoms. The zero-order chi connectivity index (χ0) is 35.0. The highest BCUT2D eigenvalue weighted by molar-refractivity contribution is 7.85. The molecule has 1 atom stereocenters. The van der Waals surface area contributed by atoms with Crippen LogP contribution in [0.3, 0.4) is 0 Å². The van der Waals surface area contributed by atoms with Gasteiger partial charge in [0.25, 0.3) is 0 Å². The molecule has 0 amide bonds. The second kappa shape index (κ2) is 16.3. The summed E-state index contributed by atoms with van der Waals surface area (Å²) >= 11 is 0. The van der Waals surface area contributed by atoms with Crippen molar-refractivity contribution >= 4 is 10.8 Å². The van der Waals surface area contributed by atoms with Gasteiger partial charge in [-0.15, -0.1) is 0 Å². The minimum Gasteiger partial charge on any atom is -0.497 e. The van der Waals surface area contributed by atoms with Crippen molar-refractivity contribution in [2.24, 2.45) is 0 Å². The number of methoxy groups -OCH3 is 4. The average molecular weight is 695 g/mol. The molecule has 4 heterocycles. The third-order valence-corrected chi connectivity index (χ3v) is 10.1. The molecule has 5 aromatic carbocycles. The molecule has 4 aliphatic heterocycles. The maximum absolute atomic E-state index is 14.2. The highest BCUT2D eigenvalue weighted by atomic mass is 32.2. The van der Waals surface area contributed by atoms with Gasteiger partial charge in [-0.3, -0.25) is 0 Å². The summed E-state index contributed by atoms with van der Waals surface area (Å²) in [5.74, 6) is 3.66. The lowest BCUT2D eigenvalue weighted by molar-refractivity contribution is 0.0467. The molecule has 0 saturated carbocycles. The molecule has 9 rings (SSSR count). The van der Waals surface area contributed by atoms with Gasteiger partial charge in [0.1, 0.15) is 23.0 Å². The van der Waals surface area contributed by atoms with Crippen molar-refractivity contribution in [3.63, 3.8) is 0 Å². The number of hydrogen-bond donors (Lipinski definition) is 0. The van der Waals surface area contributed by atoms with Gasteiger partial charge < -0.3 is 33.2 Å². The predicted molar refractivity (Wildman–Crippen MR) is 194 cm³/mol. The van der Waals surface area contributed by atoms with Crippen LogP contribution in [0.15, 0.2) is 101 Å². The molecule has 5 aromatic rings. The summed E-state index contributed by atoms with van der Waals surface area (Å²) in [5.41, 5.74) is 6.94. The summed E-state index contributed by atoms with van der Waals surface area (Å²) in [6.07, 6.45) is 2.68. The first kappa shape index (κ1) is 35.0. The predicted octanol–water partition coefficient (Wildman–Crippen LogP) is 8.49. The normalized spacial score (nSPS) is 13.1. The first-order valence-electron chi connectivity index (χ1n) is 16.4. The number of ether oxygens (including phenoxy) is 7. The SMILES string of the molecule is COCOc1cc2cc(OCOC)c1-c1ccc(OC)cc1CCc1ccc(c(S(=O)c3ccc(C)cc3)c1)Oc1cc(ccc1OC)CC2. The summed E-state index contributed by atoms with van der Waals surface area (Å²) in [6, 6.07) is 29.7. The molecule has 0 saturated heterocycles. The van der Waals surface area contributed by atoms with E-state index < -0.39 is 10.8 Å². The molecular formula is C41H42O8S. The van der Waals surface area contributed by atoms with Crippen LogP contribution in [0, 0.1) is 6.92 Å². The van der Waals surface area contributed by atoms with Crippen LogP contribution in [0.1, 0.15) is 27.8 Å². The Morgan fingerprint density at radius 2 is 1.28 bits per heavy atom. The van der Waals surface area contributed by atoms with E-state index in [0.717, 1.165) is 44.7 Å². The highest BCUT2D eigenvalue weighted by Gasteiger charge is 2.22. The molecule has 4 aliphatic rings. The van der Waals surface area contributed by atoms with Crippen LogP contribution in [-0.4, -0.2) is 46.2 Å². The third-order valence-electron chi connectivity index (χ3n) is 8.65. The zero-order valence-electron chi connectivity index (χ0n) is 29.1. The lowest BCUT2D eigenvalue weighted by atomic mass is 9.92. The van der Waals surface area contributed by atoms with Crippen LogP contribution in [0.5, 0.6) is 34.5 Å².